The fraction of sp³-hybridized carbons (Fsp3) is 0.0833. The lowest BCUT2D eigenvalue weighted by Crippen LogP contribution is -2.25. The molecular weight excluding hydrogens is 367 g/mol. The Morgan fingerprint density at radius 1 is 0.704 bits per heavy atom. The molecule has 0 heterocycles. The maximum Gasteiger partial charge on any atom is 0.171 e. The molecule has 4 aromatic carbocycles. The normalized spacial score (nSPS) is 11.6. The van der Waals surface area contributed by atoms with Crippen LogP contribution in [0.25, 0.3) is 10.8 Å². The van der Waals surface area contributed by atoms with Crippen molar-refractivity contribution < 1.29 is 4.57 Å². The van der Waals surface area contributed by atoms with Gasteiger partial charge in [-0.3, -0.25) is 0 Å². The van der Waals surface area contributed by atoms with E-state index in [2.05, 4.69) is 31.2 Å². The molecule has 0 atom stereocenters. The van der Waals surface area contributed by atoms with Crippen LogP contribution in [-0.2, 0) is 4.57 Å². The van der Waals surface area contributed by atoms with Crippen LogP contribution in [0.2, 0.25) is 0 Å². The minimum atomic E-state index is -2.99. The highest BCUT2D eigenvalue weighted by Gasteiger charge is 2.31. The van der Waals surface area contributed by atoms with Crippen molar-refractivity contribution in [3.05, 3.63) is 97.1 Å². The third kappa shape index (κ3) is 3.25. The number of benzene rings is 4. The highest BCUT2D eigenvalue weighted by Crippen LogP contribution is 2.45. The van der Waals surface area contributed by atoms with Crippen molar-refractivity contribution in [2.45, 2.75) is 11.8 Å². The van der Waals surface area contributed by atoms with Gasteiger partial charge < -0.3 is 4.57 Å². The zero-order valence-electron chi connectivity index (χ0n) is 15.2. The Labute approximate surface area is 164 Å². The summed E-state index contributed by atoms with van der Waals surface area (Å²) in [5.41, 5.74) is 0. The van der Waals surface area contributed by atoms with Gasteiger partial charge in [0.05, 0.1) is 0 Å². The van der Waals surface area contributed by atoms with Crippen molar-refractivity contribution in [2.75, 3.05) is 5.75 Å². The summed E-state index contributed by atoms with van der Waals surface area (Å²) in [6.45, 7) is 2.15. The first-order valence-corrected chi connectivity index (χ1v) is 11.8. The fourth-order valence-electron chi connectivity index (χ4n) is 3.53. The Balaban J connectivity index is 2.10. The van der Waals surface area contributed by atoms with E-state index in [1.807, 2.05) is 72.8 Å². The van der Waals surface area contributed by atoms with Gasteiger partial charge in [-0.2, -0.15) is 0 Å². The van der Waals surface area contributed by atoms with Crippen LogP contribution < -0.4 is 15.9 Å². The molecule has 0 bridgehead atoms. The van der Waals surface area contributed by atoms with Gasteiger partial charge in [-0.15, -0.1) is 11.8 Å². The zero-order chi connectivity index (χ0) is 18.7. The molecule has 3 heteroatoms. The monoisotopic (exact) mass is 388 g/mol. The number of hydrogen-bond acceptors (Lipinski definition) is 2. The van der Waals surface area contributed by atoms with Crippen LogP contribution in [-0.4, -0.2) is 5.75 Å². The van der Waals surface area contributed by atoms with Gasteiger partial charge in [0.2, 0.25) is 0 Å². The van der Waals surface area contributed by atoms with E-state index in [-0.39, 0.29) is 0 Å². The first-order valence-electron chi connectivity index (χ1n) is 9.11. The summed E-state index contributed by atoms with van der Waals surface area (Å²) >= 11 is 1.80. The summed E-state index contributed by atoms with van der Waals surface area (Å²) in [5, 5.41) is 4.93. The molecule has 0 saturated heterocycles. The van der Waals surface area contributed by atoms with Crippen LogP contribution in [0.1, 0.15) is 6.92 Å². The van der Waals surface area contributed by atoms with Gasteiger partial charge in [0.15, 0.2) is 7.14 Å². The lowest BCUT2D eigenvalue weighted by Gasteiger charge is -2.22. The van der Waals surface area contributed by atoms with E-state index >= 15 is 0 Å². The summed E-state index contributed by atoms with van der Waals surface area (Å²) in [6, 6.07) is 32.3. The number of hydrogen-bond donors (Lipinski definition) is 0. The molecule has 0 aliphatic rings. The van der Waals surface area contributed by atoms with E-state index < -0.39 is 7.14 Å². The van der Waals surface area contributed by atoms with E-state index in [1.54, 1.807) is 11.8 Å². The minimum Gasteiger partial charge on any atom is -0.309 e. The lowest BCUT2D eigenvalue weighted by atomic mass is 10.1. The number of rotatable bonds is 5. The highest BCUT2D eigenvalue weighted by atomic mass is 32.2. The number of fused-ring (bicyclic) bond motifs is 1. The summed E-state index contributed by atoms with van der Waals surface area (Å²) in [6.07, 6.45) is 0. The van der Waals surface area contributed by atoms with E-state index in [4.69, 9.17) is 0 Å². The van der Waals surface area contributed by atoms with Crippen molar-refractivity contribution in [1.82, 2.24) is 0 Å². The number of thioether (sulfide) groups is 1. The fourth-order valence-corrected chi connectivity index (χ4v) is 7.36. The van der Waals surface area contributed by atoms with Crippen LogP contribution in [0.3, 0.4) is 0 Å². The molecule has 0 aliphatic carbocycles. The minimum absolute atomic E-state index is 0.875. The molecule has 0 N–H and O–H groups in total. The second kappa shape index (κ2) is 7.76. The van der Waals surface area contributed by atoms with Crippen LogP contribution >= 0.6 is 18.9 Å². The predicted octanol–water partition coefficient (Wildman–Crippen LogP) is 5.59. The highest BCUT2D eigenvalue weighted by molar-refractivity contribution is 7.99. The molecule has 4 rings (SSSR count). The van der Waals surface area contributed by atoms with E-state index in [0.717, 1.165) is 32.4 Å². The third-order valence-electron chi connectivity index (χ3n) is 4.72. The van der Waals surface area contributed by atoms with Crippen LogP contribution in [0.15, 0.2) is 102 Å². The Morgan fingerprint density at radius 2 is 1.26 bits per heavy atom. The topological polar surface area (TPSA) is 17.1 Å². The van der Waals surface area contributed by atoms with E-state index in [1.165, 1.54) is 4.90 Å². The van der Waals surface area contributed by atoms with Crippen molar-refractivity contribution in [3.63, 3.8) is 0 Å². The standard InChI is InChI=1S/C24H21OPS/c1-2-27-23-18-10-12-19-11-9-17-22(24(19)23)26(25,20-13-5-3-6-14-20)21-15-7-4-8-16-21/h3-18H,2H2,1H3. The first kappa shape index (κ1) is 18.1. The molecule has 0 spiro atoms. The van der Waals surface area contributed by atoms with Gasteiger partial charge in [0.25, 0.3) is 0 Å². The molecule has 0 unspecified atom stereocenters. The molecule has 0 radical (unpaired) electrons. The average molecular weight is 388 g/mol. The van der Waals surface area contributed by atoms with Crippen molar-refractivity contribution >= 4 is 45.6 Å². The van der Waals surface area contributed by atoms with Gasteiger partial charge in [-0.1, -0.05) is 97.9 Å². The molecular formula is C24H21OPS. The molecule has 0 saturated carbocycles. The Hall–Kier alpha value is -2.28. The average Bonchev–Trinajstić information content (AvgIpc) is 2.74. The maximum absolute atomic E-state index is 14.8. The summed E-state index contributed by atoms with van der Waals surface area (Å²) in [5.74, 6) is 0.981. The zero-order valence-corrected chi connectivity index (χ0v) is 16.9. The van der Waals surface area contributed by atoms with Gasteiger partial charge in [0.1, 0.15) is 0 Å². The Bertz CT molecular complexity index is 1060. The Morgan fingerprint density at radius 3 is 1.81 bits per heavy atom. The Kier molecular flexibility index (Phi) is 5.20. The van der Waals surface area contributed by atoms with Crippen molar-refractivity contribution in [2.24, 2.45) is 0 Å². The SMILES string of the molecule is CCSc1cccc2cccc(P(=O)(c3ccccc3)c3ccccc3)c12. The largest absolute Gasteiger partial charge is 0.309 e. The lowest BCUT2D eigenvalue weighted by molar-refractivity contribution is 0.592. The molecule has 4 aromatic rings. The van der Waals surface area contributed by atoms with E-state index in [9.17, 15) is 4.57 Å². The third-order valence-corrected chi connectivity index (χ3v) is 8.76. The van der Waals surface area contributed by atoms with Crippen LogP contribution in [0, 0.1) is 0 Å². The molecule has 27 heavy (non-hydrogen) atoms. The molecule has 134 valence electrons. The smallest absolute Gasteiger partial charge is 0.171 e. The van der Waals surface area contributed by atoms with Gasteiger partial charge in [-0.25, -0.2) is 0 Å². The molecule has 0 aliphatic heterocycles. The van der Waals surface area contributed by atoms with E-state index in [0.29, 0.717) is 0 Å². The first-order chi connectivity index (χ1) is 13.2. The second-order valence-corrected chi connectivity index (χ2v) is 10.4. The summed E-state index contributed by atoms with van der Waals surface area (Å²) in [7, 11) is -2.99. The summed E-state index contributed by atoms with van der Waals surface area (Å²) in [4.78, 5) is 1.19. The quantitative estimate of drug-likeness (QED) is 0.327. The van der Waals surface area contributed by atoms with Gasteiger partial charge in [-0.05, 0) is 17.2 Å². The molecule has 0 amide bonds. The summed E-state index contributed by atoms with van der Waals surface area (Å²) < 4.78 is 14.8. The molecule has 1 nitrogen and oxygen atoms in total. The molecule has 0 aromatic heterocycles. The second-order valence-electron chi connectivity index (χ2n) is 6.34. The van der Waals surface area contributed by atoms with Crippen molar-refractivity contribution in [3.8, 4) is 0 Å². The predicted molar refractivity (Wildman–Crippen MR) is 120 cm³/mol. The van der Waals surface area contributed by atoms with Crippen molar-refractivity contribution in [1.29, 1.82) is 0 Å². The molecule has 0 fully saturated rings. The van der Waals surface area contributed by atoms with Gasteiger partial charge in [0, 0.05) is 26.2 Å². The van der Waals surface area contributed by atoms with Gasteiger partial charge >= 0.3 is 0 Å². The van der Waals surface area contributed by atoms with Crippen LogP contribution in [0.5, 0.6) is 0 Å². The maximum atomic E-state index is 14.8. The van der Waals surface area contributed by atoms with Crippen LogP contribution in [0.4, 0.5) is 0 Å².